The molecule has 0 atom stereocenters. The smallest absolute Gasteiger partial charge is 0.356 e. The summed E-state index contributed by atoms with van der Waals surface area (Å²) in [4.78, 5) is 14.4. The first-order valence-corrected chi connectivity index (χ1v) is 4.50. The number of nitrogens with one attached hydrogen (secondary N) is 1. The number of hydrogen-bond acceptors (Lipinski definition) is 3. The van der Waals surface area contributed by atoms with Crippen LogP contribution in [0.2, 0.25) is 0 Å². The highest BCUT2D eigenvalue weighted by molar-refractivity contribution is 14.1. The van der Waals surface area contributed by atoms with Crippen molar-refractivity contribution in [2.24, 2.45) is 0 Å². The molecule has 0 bridgehead atoms. The second kappa shape index (κ2) is 2.95. The molecule has 0 spiro atoms. The van der Waals surface area contributed by atoms with Crippen LogP contribution >= 0.6 is 22.6 Å². The molecular weight excluding hydrogens is 285 g/mol. The van der Waals surface area contributed by atoms with Crippen LogP contribution < -0.4 is 0 Å². The van der Waals surface area contributed by atoms with Crippen LogP contribution in [0.1, 0.15) is 10.5 Å². The summed E-state index contributed by atoms with van der Waals surface area (Å²) in [5.41, 5.74) is 0.385. The van der Waals surface area contributed by atoms with E-state index in [2.05, 4.69) is 37.8 Å². The summed E-state index contributed by atoms with van der Waals surface area (Å²) < 4.78 is 0.817. The van der Waals surface area contributed by atoms with Gasteiger partial charge >= 0.3 is 5.97 Å². The fourth-order valence-corrected chi connectivity index (χ4v) is 1.62. The molecule has 13 heavy (non-hydrogen) atoms. The summed E-state index contributed by atoms with van der Waals surface area (Å²) in [6, 6.07) is 1.73. The molecule has 0 unspecified atom stereocenters. The summed E-state index contributed by atoms with van der Waals surface area (Å²) in [6.45, 7) is 0. The number of hydrogen-bond donors (Lipinski definition) is 2. The van der Waals surface area contributed by atoms with E-state index in [0.717, 1.165) is 9.09 Å². The summed E-state index contributed by atoms with van der Waals surface area (Å²) in [7, 11) is 0. The number of fused-ring (bicyclic) bond motifs is 1. The highest BCUT2D eigenvalue weighted by Crippen LogP contribution is 2.18. The van der Waals surface area contributed by atoms with Crippen molar-refractivity contribution in [1.82, 2.24) is 15.2 Å². The van der Waals surface area contributed by atoms with Gasteiger partial charge in [-0.2, -0.15) is 5.10 Å². The predicted molar refractivity (Wildman–Crippen MR) is 53.6 cm³/mol. The van der Waals surface area contributed by atoms with Crippen molar-refractivity contribution in [3.63, 3.8) is 0 Å². The standard InChI is InChI=1S/C7H4IN3O2/c8-6-3-1-2-9-5(7(12)13)4(3)10-11-6/h1-2H,(H,10,11)(H,12,13). The van der Waals surface area contributed by atoms with Crippen LogP contribution in [0.25, 0.3) is 10.9 Å². The lowest BCUT2D eigenvalue weighted by atomic mass is 10.2. The summed E-state index contributed by atoms with van der Waals surface area (Å²) in [5.74, 6) is -1.06. The monoisotopic (exact) mass is 289 g/mol. The van der Waals surface area contributed by atoms with Crippen molar-refractivity contribution in [2.75, 3.05) is 0 Å². The number of H-pyrrole nitrogens is 1. The summed E-state index contributed by atoms with van der Waals surface area (Å²) >= 11 is 2.05. The number of rotatable bonds is 1. The van der Waals surface area contributed by atoms with Crippen molar-refractivity contribution in [2.45, 2.75) is 0 Å². The van der Waals surface area contributed by atoms with Gasteiger partial charge in [-0.05, 0) is 28.7 Å². The Kier molecular flexibility index (Phi) is 1.91. The van der Waals surface area contributed by atoms with Crippen molar-refractivity contribution in [3.8, 4) is 0 Å². The maximum Gasteiger partial charge on any atom is 0.356 e. The van der Waals surface area contributed by atoms with Crippen molar-refractivity contribution >= 4 is 39.5 Å². The lowest BCUT2D eigenvalue weighted by Gasteiger charge is -1.92. The maximum absolute atomic E-state index is 10.7. The van der Waals surface area contributed by atoms with Gasteiger partial charge in [0.25, 0.3) is 0 Å². The minimum Gasteiger partial charge on any atom is -0.476 e. The molecule has 5 nitrogen and oxygen atoms in total. The molecular formula is C7H4IN3O2. The zero-order valence-corrected chi connectivity index (χ0v) is 8.44. The summed E-state index contributed by atoms with van der Waals surface area (Å²) in [5, 5.41) is 16.1. The number of aromatic carboxylic acids is 1. The van der Waals surface area contributed by atoms with Crippen LogP contribution in [-0.2, 0) is 0 Å². The van der Waals surface area contributed by atoms with Gasteiger partial charge in [-0.3, -0.25) is 5.10 Å². The molecule has 0 aromatic carbocycles. The van der Waals surface area contributed by atoms with Crippen molar-refractivity contribution < 1.29 is 9.90 Å². The van der Waals surface area contributed by atoms with E-state index >= 15 is 0 Å². The largest absolute Gasteiger partial charge is 0.476 e. The molecule has 2 aromatic rings. The zero-order chi connectivity index (χ0) is 9.42. The van der Waals surface area contributed by atoms with E-state index in [1.54, 1.807) is 6.07 Å². The minimum atomic E-state index is -1.06. The number of pyridine rings is 1. The lowest BCUT2D eigenvalue weighted by Crippen LogP contribution is -2.00. The molecule has 0 fully saturated rings. The van der Waals surface area contributed by atoms with Gasteiger partial charge < -0.3 is 5.11 Å². The average Bonchev–Trinajstić information content (AvgIpc) is 2.48. The van der Waals surface area contributed by atoms with Gasteiger partial charge in [0.2, 0.25) is 0 Å². The SMILES string of the molecule is O=C(O)c1nccc2c(I)[nH]nc12. The van der Waals surface area contributed by atoms with Crippen molar-refractivity contribution in [3.05, 3.63) is 21.7 Å². The summed E-state index contributed by atoms with van der Waals surface area (Å²) in [6.07, 6.45) is 1.46. The number of halogens is 1. The Morgan fingerprint density at radius 3 is 3.08 bits per heavy atom. The van der Waals surface area contributed by atoms with E-state index in [4.69, 9.17) is 5.11 Å². The Morgan fingerprint density at radius 2 is 2.38 bits per heavy atom. The predicted octanol–water partition coefficient (Wildman–Crippen LogP) is 1.26. The third-order valence-corrected chi connectivity index (χ3v) is 2.45. The van der Waals surface area contributed by atoms with Gasteiger partial charge in [-0.1, -0.05) is 0 Å². The van der Waals surface area contributed by atoms with Crippen LogP contribution in [0, 0.1) is 3.70 Å². The number of carboxylic acids is 1. The quantitative estimate of drug-likeness (QED) is 0.775. The second-order valence-corrected chi connectivity index (χ2v) is 3.48. The Balaban J connectivity index is 2.84. The molecule has 0 saturated heterocycles. The van der Waals surface area contributed by atoms with Gasteiger partial charge in [0, 0.05) is 11.6 Å². The average molecular weight is 289 g/mol. The van der Waals surface area contributed by atoms with Crippen LogP contribution in [-0.4, -0.2) is 26.3 Å². The van der Waals surface area contributed by atoms with Crippen LogP contribution in [0.3, 0.4) is 0 Å². The van der Waals surface area contributed by atoms with Crippen molar-refractivity contribution in [1.29, 1.82) is 0 Å². The minimum absolute atomic E-state index is 0.0170. The van der Waals surface area contributed by atoms with Crippen LogP contribution in [0.4, 0.5) is 0 Å². The van der Waals surface area contributed by atoms with Crippen LogP contribution in [0.5, 0.6) is 0 Å². The van der Waals surface area contributed by atoms with Gasteiger partial charge in [0.1, 0.15) is 9.22 Å². The topological polar surface area (TPSA) is 78.9 Å². The third kappa shape index (κ3) is 1.26. The van der Waals surface area contributed by atoms with E-state index in [-0.39, 0.29) is 5.69 Å². The molecule has 2 aromatic heterocycles. The van der Waals surface area contributed by atoms with Gasteiger partial charge in [-0.15, -0.1) is 0 Å². The Morgan fingerprint density at radius 1 is 1.62 bits per heavy atom. The van der Waals surface area contributed by atoms with E-state index < -0.39 is 5.97 Å². The van der Waals surface area contributed by atoms with E-state index in [1.807, 2.05) is 0 Å². The third-order valence-electron chi connectivity index (χ3n) is 1.63. The van der Waals surface area contributed by atoms with Gasteiger partial charge in [0.15, 0.2) is 5.69 Å². The van der Waals surface area contributed by atoms with E-state index in [1.165, 1.54) is 6.20 Å². The molecule has 6 heteroatoms. The first-order chi connectivity index (χ1) is 6.20. The Hall–Kier alpha value is -1.18. The highest BCUT2D eigenvalue weighted by atomic mass is 127. The fourth-order valence-electron chi connectivity index (χ4n) is 1.07. The molecule has 0 radical (unpaired) electrons. The number of aromatic nitrogens is 3. The number of carbonyl (C=O) groups is 1. The molecule has 66 valence electrons. The normalized spacial score (nSPS) is 10.5. The number of aromatic amines is 1. The fraction of sp³-hybridized carbons (Fsp3) is 0. The lowest BCUT2D eigenvalue weighted by molar-refractivity contribution is 0.0692. The van der Waals surface area contributed by atoms with E-state index in [9.17, 15) is 4.79 Å². The molecule has 0 saturated carbocycles. The maximum atomic E-state index is 10.7. The van der Waals surface area contributed by atoms with E-state index in [0.29, 0.717) is 5.52 Å². The highest BCUT2D eigenvalue weighted by Gasteiger charge is 2.13. The second-order valence-electron chi connectivity index (χ2n) is 2.40. The molecule has 0 aliphatic rings. The Bertz CT molecular complexity index is 480. The molecule has 0 amide bonds. The molecule has 0 aliphatic carbocycles. The number of nitrogens with zero attached hydrogens (tertiary/aromatic N) is 2. The zero-order valence-electron chi connectivity index (χ0n) is 6.28. The molecule has 2 heterocycles. The molecule has 2 N–H and O–H groups in total. The Labute approximate surface area is 86.3 Å². The van der Waals surface area contributed by atoms with Gasteiger partial charge in [-0.25, -0.2) is 9.78 Å². The van der Waals surface area contributed by atoms with Crippen LogP contribution in [0.15, 0.2) is 12.3 Å². The van der Waals surface area contributed by atoms with Gasteiger partial charge in [0.05, 0.1) is 0 Å². The molecule has 2 rings (SSSR count). The first-order valence-electron chi connectivity index (χ1n) is 3.42. The molecule has 0 aliphatic heterocycles. The number of carboxylic acid groups (broad SMARTS) is 1. The first kappa shape index (κ1) is 8.42.